The predicted octanol–water partition coefficient (Wildman–Crippen LogP) is 2.04. The van der Waals surface area contributed by atoms with Crippen molar-refractivity contribution < 1.29 is 9.90 Å². The number of aromatic carboxylic acids is 1. The number of aromatic nitrogens is 3. The van der Waals surface area contributed by atoms with E-state index in [4.69, 9.17) is 10.1 Å². The van der Waals surface area contributed by atoms with Gasteiger partial charge in [-0.1, -0.05) is 13.0 Å². The lowest BCUT2D eigenvalue weighted by atomic mass is 10.1. The lowest BCUT2D eigenvalue weighted by molar-refractivity contribution is 0.0691. The lowest BCUT2D eigenvalue weighted by Gasteiger charge is -2.20. The third-order valence-corrected chi connectivity index (χ3v) is 4.90. The van der Waals surface area contributed by atoms with Crippen LogP contribution in [-0.4, -0.2) is 38.7 Å². The fourth-order valence-corrected chi connectivity index (χ4v) is 3.48. The van der Waals surface area contributed by atoms with Gasteiger partial charge < -0.3 is 14.6 Å². The van der Waals surface area contributed by atoms with Crippen molar-refractivity contribution in [3.8, 4) is 0 Å². The summed E-state index contributed by atoms with van der Waals surface area (Å²) in [6.07, 6.45) is 5.38. The molecule has 6 heteroatoms. The molecule has 2 atom stereocenters. The van der Waals surface area contributed by atoms with Gasteiger partial charge in [0.25, 0.3) is 0 Å². The van der Waals surface area contributed by atoms with Crippen LogP contribution >= 0.6 is 0 Å². The first-order valence-corrected chi connectivity index (χ1v) is 8.13. The number of fused-ring (bicyclic) bond motifs is 1. The van der Waals surface area contributed by atoms with Crippen LogP contribution < -0.4 is 4.90 Å². The van der Waals surface area contributed by atoms with E-state index in [0.717, 1.165) is 48.4 Å². The summed E-state index contributed by atoms with van der Waals surface area (Å²) >= 11 is 0. The Bertz CT molecular complexity index is 745. The first kappa shape index (κ1) is 14.2. The molecule has 1 aliphatic heterocycles. The highest BCUT2D eigenvalue weighted by atomic mass is 16.4. The number of hydrogen-bond acceptors (Lipinski definition) is 4. The second-order valence-electron chi connectivity index (χ2n) is 6.53. The van der Waals surface area contributed by atoms with Gasteiger partial charge in [-0.2, -0.15) is 0 Å². The third-order valence-electron chi connectivity index (χ3n) is 4.90. The molecule has 2 aromatic rings. The molecule has 0 amide bonds. The standard InChI is InChI=1S/C17H20N4O2/c1-2-14-11(6-20-9-15(17(22)23)18-10-20)3-4-16(19-14)21-7-12-5-13(12)8-21/h3-4,9-10,12-13H,2,5-8H2,1H3,(H,22,23). The Morgan fingerprint density at radius 1 is 1.35 bits per heavy atom. The first-order valence-electron chi connectivity index (χ1n) is 8.13. The molecule has 1 N–H and O–H groups in total. The van der Waals surface area contributed by atoms with Gasteiger partial charge in [0.15, 0.2) is 5.69 Å². The molecule has 1 aliphatic carbocycles. The van der Waals surface area contributed by atoms with Crippen molar-refractivity contribution in [3.63, 3.8) is 0 Å². The number of imidazole rings is 1. The van der Waals surface area contributed by atoms with Crippen molar-refractivity contribution in [1.82, 2.24) is 14.5 Å². The largest absolute Gasteiger partial charge is 0.476 e. The van der Waals surface area contributed by atoms with Gasteiger partial charge in [0, 0.05) is 25.0 Å². The van der Waals surface area contributed by atoms with Crippen LogP contribution in [0.5, 0.6) is 0 Å². The minimum atomic E-state index is -1.000. The first-order chi connectivity index (χ1) is 11.1. The van der Waals surface area contributed by atoms with Gasteiger partial charge in [0.05, 0.1) is 12.9 Å². The van der Waals surface area contributed by atoms with Gasteiger partial charge in [0.2, 0.25) is 0 Å². The Kier molecular flexibility index (Phi) is 3.32. The summed E-state index contributed by atoms with van der Waals surface area (Å²) in [5, 5.41) is 8.95. The summed E-state index contributed by atoms with van der Waals surface area (Å²) in [5.74, 6) is 1.86. The van der Waals surface area contributed by atoms with E-state index in [-0.39, 0.29) is 5.69 Å². The molecule has 3 heterocycles. The van der Waals surface area contributed by atoms with Crippen LogP contribution in [-0.2, 0) is 13.0 Å². The Morgan fingerprint density at radius 3 is 2.78 bits per heavy atom. The molecule has 6 nitrogen and oxygen atoms in total. The number of piperidine rings is 1. The Labute approximate surface area is 134 Å². The molecule has 2 aromatic heterocycles. The summed E-state index contributed by atoms with van der Waals surface area (Å²) in [4.78, 5) is 22.0. The fourth-order valence-electron chi connectivity index (χ4n) is 3.48. The van der Waals surface area contributed by atoms with E-state index >= 15 is 0 Å². The van der Waals surface area contributed by atoms with Gasteiger partial charge in [-0.25, -0.2) is 14.8 Å². The van der Waals surface area contributed by atoms with Crippen LogP contribution in [0.25, 0.3) is 0 Å². The Balaban J connectivity index is 1.54. The maximum absolute atomic E-state index is 10.9. The number of anilines is 1. The summed E-state index contributed by atoms with van der Waals surface area (Å²) in [6.45, 7) is 4.99. The topological polar surface area (TPSA) is 71.2 Å². The quantitative estimate of drug-likeness (QED) is 0.915. The number of nitrogens with zero attached hydrogens (tertiary/aromatic N) is 4. The highest BCUT2D eigenvalue weighted by molar-refractivity contribution is 5.84. The van der Waals surface area contributed by atoms with Gasteiger partial charge in [0.1, 0.15) is 5.82 Å². The molecule has 0 radical (unpaired) electrons. The normalized spacial score (nSPS) is 22.2. The highest BCUT2D eigenvalue weighted by Crippen LogP contribution is 2.45. The van der Waals surface area contributed by atoms with Crippen LogP contribution in [0.2, 0.25) is 0 Å². The van der Waals surface area contributed by atoms with Crippen LogP contribution in [0.4, 0.5) is 5.82 Å². The van der Waals surface area contributed by atoms with Gasteiger partial charge in [-0.05, 0) is 36.3 Å². The second kappa shape index (κ2) is 5.37. The van der Waals surface area contributed by atoms with Crippen LogP contribution in [0.3, 0.4) is 0 Å². The molecule has 23 heavy (non-hydrogen) atoms. The molecule has 2 aliphatic rings. The van der Waals surface area contributed by atoms with Crippen LogP contribution in [0, 0.1) is 11.8 Å². The average molecular weight is 312 g/mol. The van der Waals surface area contributed by atoms with Gasteiger partial charge in [-0.15, -0.1) is 0 Å². The molecular weight excluding hydrogens is 292 g/mol. The van der Waals surface area contributed by atoms with Crippen molar-refractivity contribution in [2.24, 2.45) is 11.8 Å². The van der Waals surface area contributed by atoms with Crippen LogP contribution in [0.15, 0.2) is 24.7 Å². The molecule has 1 saturated heterocycles. The van der Waals surface area contributed by atoms with E-state index in [2.05, 4.69) is 28.9 Å². The maximum atomic E-state index is 10.9. The maximum Gasteiger partial charge on any atom is 0.356 e. The minimum absolute atomic E-state index is 0.0731. The Hall–Kier alpha value is -2.37. The molecule has 4 rings (SSSR count). The highest BCUT2D eigenvalue weighted by Gasteiger charge is 2.45. The van der Waals surface area contributed by atoms with E-state index in [1.807, 2.05) is 0 Å². The van der Waals surface area contributed by atoms with Gasteiger partial charge >= 0.3 is 5.97 Å². The van der Waals surface area contributed by atoms with Gasteiger partial charge in [-0.3, -0.25) is 0 Å². The third kappa shape index (κ3) is 2.69. The fraction of sp³-hybridized carbons (Fsp3) is 0.471. The molecule has 1 saturated carbocycles. The van der Waals surface area contributed by atoms with Crippen molar-refractivity contribution in [3.05, 3.63) is 41.6 Å². The second-order valence-corrected chi connectivity index (χ2v) is 6.53. The number of carbonyl (C=O) groups is 1. The predicted molar refractivity (Wildman–Crippen MR) is 85.7 cm³/mol. The molecule has 2 fully saturated rings. The smallest absolute Gasteiger partial charge is 0.356 e. The number of carboxylic acids is 1. The minimum Gasteiger partial charge on any atom is -0.476 e. The van der Waals surface area contributed by atoms with Crippen molar-refractivity contribution in [1.29, 1.82) is 0 Å². The summed E-state index contributed by atoms with van der Waals surface area (Å²) in [7, 11) is 0. The monoisotopic (exact) mass is 312 g/mol. The molecule has 2 unspecified atom stereocenters. The van der Waals surface area contributed by atoms with E-state index in [1.54, 1.807) is 17.1 Å². The SMILES string of the molecule is CCc1nc(N2CC3CC3C2)ccc1Cn1cnc(C(=O)O)c1. The summed E-state index contributed by atoms with van der Waals surface area (Å²) < 4.78 is 1.80. The number of aryl methyl sites for hydroxylation is 1. The number of carboxylic acid groups (broad SMARTS) is 1. The zero-order valence-corrected chi connectivity index (χ0v) is 13.1. The molecular formula is C17H20N4O2. The summed E-state index contributed by atoms with van der Waals surface area (Å²) in [6, 6.07) is 4.21. The molecule has 120 valence electrons. The number of rotatable bonds is 5. The van der Waals surface area contributed by atoms with E-state index in [0.29, 0.717) is 6.54 Å². The molecule has 0 spiro atoms. The van der Waals surface area contributed by atoms with Crippen molar-refractivity contribution in [2.45, 2.75) is 26.3 Å². The van der Waals surface area contributed by atoms with Crippen LogP contribution in [0.1, 0.15) is 35.1 Å². The van der Waals surface area contributed by atoms with E-state index in [9.17, 15) is 4.79 Å². The molecule has 0 bridgehead atoms. The summed E-state index contributed by atoms with van der Waals surface area (Å²) in [5.41, 5.74) is 2.27. The van der Waals surface area contributed by atoms with Crippen molar-refractivity contribution in [2.75, 3.05) is 18.0 Å². The number of hydrogen-bond donors (Lipinski definition) is 1. The van der Waals surface area contributed by atoms with Crippen molar-refractivity contribution >= 4 is 11.8 Å². The Morgan fingerprint density at radius 2 is 2.13 bits per heavy atom. The zero-order valence-electron chi connectivity index (χ0n) is 13.1. The molecule has 0 aromatic carbocycles. The van der Waals surface area contributed by atoms with E-state index in [1.165, 1.54) is 6.42 Å². The van der Waals surface area contributed by atoms with E-state index < -0.39 is 5.97 Å². The lowest BCUT2D eigenvalue weighted by Crippen LogP contribution is -2.23. The number of pyridine rings is 1. The zero-order chi connectivity index (χ0) is 16.0. The average Bonchev–Trinajstić information content (AvgIpc) is 2.97.